The minimum Gasteiger partial charge on any atom is -0.337 e. The zero-order valence-electron chi connectivity index (χ0n) is 5.91. The van der Waals surface area contributed by atoms with E-state index in [2.05, 4.69) is 15.0 Å². The van der Waals surface area contributed by atoms with E-state index in [1.54, 1.807) is 12.3 Å². The molecule has 0 unspecified atom stereocenters. The van der Waals surface area contributed by atoms with Gasteiger partial charge in [-0.15, -0.1) is 0 Å². The van der Waals surface area contributed by atoms with Crippen molar-refractivity contribution in [2.45, 2.75) is 0 Å². The van der Waals surface area contributed by atoms with Gasteiger partial charge in [-0.1, -0.05) is 0 Å². The lowest BCUT2D eigenvalue weighted by molar-refractivity contribution is 0.112. The fraction of sp³-hybridized carbons (Fsp3) is 0. The summed E-state index contributed by atoms with van der Waals surface area (Å²) in [6.07, 6.45) is 2.28. The van der Waals surface area contributed by atoms with Crippen LogP contribution >= 0.6 is 11.6 Å². The Morgan fingerprint density at radius 2 is 2.42 bits per heavy atom. The average molecular weight is 182 g/mol. The highest BCUT2D eigenvalue weighted by Gasteiger charge is 2.01. The lowest BCUT2D eigenvalue weighted by Gasteiger charge is -1.87. The van der Waals surface area contributed by atoms with Crippen molar-refractivity contribution in [2.75, 3.05) is 0 Å². The highest BCUT2D eigenvalue weighted by Crippen LogP contribution is 2.12. The smallest absolute Gasteiger partial charge is 0.224 e. The average Bonchev–Trinajstić information content (AvgIpc) is 2.46. The van der Waals surface area contributed by atoms with E-state index in [4.69, 9.17) is 11.6 Å². The van der Waals surface area contributed by atoms with Crippen molar-refractivity contribution in [1.82, 2.24) is 15.0 Å². The minimum absolute atomic E-state index is 0.168. The topological polar surface area (TPSA) is 58.6 Å². The van der Waals surface area contributed by atoms with Crippen LogP contribution in [0, 0.1) is 0 Å². The first kappa shape index (κ1) is 7.24. The van der Waals surface area contributed by atoms with Crippen molar-refractivity contribution in [2.24, 2.45) is 0 Å². The van der Waals surface area contributed by atoms with E-state index >= 15 is 0 Å². The fourth-order valence-corrected chi connectivity index (χ4v) is 1.11. The van der Waals surface area contributed by atoms with Crippen LogP contribution in [-0.4, -0.2) is 21.2 Å². The van der Waals surface area contributed by atoms with Gasteiger partial charge in [-0.3, -0.25) is 4.79 Å². The number of H-pyrrole nitrogens is 1. The SMILES string of the molecule is O=Cc1cc2cnc(Cl)nc2[nH]1. The second kappa shape index (κ2) is 2.57. The molecule has 2 rings (SSSR count). The maximum absolute atomic E-state index is 10.3. The molecule has 0 spiro atoms. The third kappa shape index (κ3) is 1.06. The molecular weight excluding hydrogens is 178 g/mol. The molecule has 0 saturated heterocycles. The van der Waals surface area contributed by atoms with Gasteiger partial charge in [-0.05, 0) is 17.7 Å². The zero-order valence-corrected chi connectivity index (χ0v) is 6.67. The highest BCUT2D eigenvalue weighted by molar-refractivity contribution is 6.28. The summed E-state index contributed by atoms with van der Waals surface area (Å²) in [5, 5.41) is 0.947. The molecule has 0 aliphatic carbocycles. The van der Waals surface area contributed by atoms with Crippen LogP contribution in [0.3, 0.4) is 0 Å². The van der Waals surface area contributed by atoms with E-state index in [1.807, 2.05) is 0 Å². The van der Waals surface area contributed by atoms with Crippen LogP contribution in [-0.2, 0) is 0 Å². The molecule has 0 bridgehead atoms. The first-order valence-electron chi connectivity index (χ1n) is 3.26. The Morgan fingerprint density at radius 1 is 1.58 bits per heavy atom. The summed E-state index contributed by atoms with van der Waals surface area (Å²) in [4.78, 5) is 20.8. The second-order valence-corrected chi connectivity index (χ2v) is 2.62. The van der Waals surface area contributed by atoms with E-state index in [9.17, 15) is 4.79 Å². The van der Waals surface area contributed by atoms with Gasteiger partial charge in [-0.2, -0.15) is 4.98 Å². The quantitative estimate of drug-likeness (QED) is 0.535. The minimum atomic E-state index is 0.168. The van der Waals surface area contributed by atoms with Crippen LogP contribution in [0.1, 0.15) is 10.5 Å². The standard InChI is InChI=1S/C7H4ClN3O/c8-7-9-2-4-1-5(3-12)10-6(4)11-7/h1-3H,(H,9,10,11). The van der Waals surface area contributed by atoms with E-state index in [-0.39, 0.29) is 5.28 Å². The van der Waals surface area contributed by atoms with Crippen LogP contribution in [0.15, 0.2) is 12.3 Å². The van der Waals surface area contributed by atoms with Gasteiger partial charge < -0.3 is 4.98 Å². The lowest BCUT2D eigenvalue weighted by Crippen LogP contribution is -1.81. The number of carbonyl (C=O) groups excluding carboxylic acids is 1. The van der Waals surface area contributed by atoms with Gasteiger partial charge in [0.25, 0.3) is 0 Å². The van der Waals surface area contributed by atoms with E-state index < -0.39 is 0 Å². The predicted molar refractivity (Wildman–Crippen MR) is 44.3 cm³/mol. The van der Waals surface area contributed by atoms with Crippen molar-refractivity contribution < 1.29 is 4.79 Å². The molecule has 0 aromatic carbocycles. The number of aldehydes is 1. The largest absolute Gasteiger partial charge is 0.337 e. The first-order valence-corrected chi connectivity index (χ1v) is 3.64. The number of nitrogens with one attached hydrogen (secondary N) is 1. The summed E-state index contributed by atoms with van der Waals surface area (Å²) < 4.78 is 0. The molecule has 0 atom stereocenters. The molecule has 12 heavy (non-hydrogen) atoms. The van der Waals surface area contributed by atoms with Gasteiger partial charge in [0.15, 0.2) is 6.29 Å². The molecule has 2 aromatic rings. The molecule has 4 nitrogen and oxygen atoms in total. The van der Waals surface area contributed by atoms with Crippen molar-refractivity contribution >= 4 is 28.9 Å². The van der Waals surface area contributed by atoms with E-state index in [0.29, 0.717) is 11.3 Å². The number of fused-ring (bicyclic) bond motifs is 1. The van der Waals surface area contributed by atoms with Crippen molar-refractivity contribution in [3.63, 3.8) is 0 Å². The summed E-state index contributed by atoms with van der Waals surface area (Å²) in [6.45, 7) is 0. The van der Waals surface area contributed by atoms with Crippen LogP contribution < -0.4 is 0 Å². The molecule has 0 fully saturated rings. The number of rotatable bonds is 1. The summed E-state index contributed by atoms with van der Waals surface area (Å²) >= 11 is 5.54. The van der Waals surface area contributed by atoms with Gasteiger partial charge in [0, 0.05) is 11.6 Å². The molecule has 0 aliphatic heterocycles. The number of aromatic amines is 1. The van der Waals surface area contributed by atoms with Crippen LogP contribution in [0.25, 0.3) is 11.0 Å². The first-order chi connectivity index (χ1) is 5.79. The summed E-state index contributed by atoms with van der Waals surface area (Å²) in [5.41, 5.74) is 1.05. The third-order valence-corrected chi connectivity index (χ3v) is 1.67. The van der Waals surface area contributed by atoms with Gasteiger partial charge in [0.05, 0.1) is 5.69 Å². The van der Waals surface area contributed by atoms with Gasteiger partial charge in [-0.25, -0.2) is 4.98 Å². The molecule has 0 amide bonds. The number of aromatic nitrogens is 3. The van der Waals surface area contributed by atoms with Gasteiger partial charge in [0.2, 0.25) is 5.28 Å². The molecule has 1 N–H and O–H groups in total. The normalized spacial score (nSPS) is 10.4. The fourth-order valence-electron chi connectivity index (χ4n) is 0.979. The molecule has 0 aliphatic rings. The monoisotopic (exact) mass is 181 g/mol. The van der Waals surface area contributed by atoms with E-state index in [1.165, 1.54) is 0 Å². The number of hydrogen-bond donors (Lipinski definition) is 1. The summed E-state index contributed by atoms with van der Waals surface area (Å²) in [6, 6.07) is 1.67. The van der Waals surface area contributed by atoms with Crippen molar-refractivity contribution in [3.05, 3.63) is 23.2 Å². The number of halogens is 1. The Morgan fingerprint density at radius 3 is 3.17 bits per heavy atom. The molecular formula is C7H4ClN3O. The van der Waals surface area contributed by atoms with Crippen LogP contribution in [0.5, 0.6) is 0 Å². The van der Waals surface area contributed by atoms with Crippen LogP contribution in [0.2, 0.25) is 5.28 Å². The molecule has 5 heteroatoms. The molecule has 0 radical (unpaired) electrons. The zero-order chi connectivity index (χ0) is 8.55. The maximum atomic E-state index is 10.3. The Bertz CT molecular complexity index is 437. The molecule has 2 aromatic heterocycles. The van der Waals surface area contributed by atoms with Crippen molar-refractivity contribution in [1.29, 1.82) is 0 Å². The van der Waals surface area contributed by atoms with Gasteiger partial charge >= 0.3 is 0 Å². The Labute approximate surface area is 72.6 Å². The number of nitrogens with zero attached hydrogens (tertiary/aromatic N) is 2. The Balaban J connectivity index is 2.75. The highest BCUT2D eigenvalue weighted by atomic mass is 35.5. The van der Waals surface area contributed by atoms with Gasteiger partial charge in [0.1, 0.15) is 5.65 Å². The van der Waals surface area contributed by atoms with Crippen LogP contribution in [0.4, 0.5) is 0 Å². The second-order valence-electron chi connectivity index (χ2n) is 2.29. The summed E-state index contributed by atoms with van der Waals surface area (Å²) in [7, 11) is 0. The molecule has 2 heterocycles. The van der Waals surface area contributed by atoms with E-state index in [0.717, 1.165) is 11.7 Å². The summed E-state index contributed by atoms with van der Waals surface area (Å²) in [5.74, 6) is 0. The molecule has 0 saturated carbocycles. The molecule has 60 valence electrons. The Kier molecular flexibility index (Phi) is 1.55. The number of hydrogen-bond acceptors (Lipinski definition) is 3. The third-order valence-electron chi connectivity index (χ3n) is 1.49. The lowest BCUT2D eigenvalue weighted by atomic mass is 10.4. The number of carbonyl (C=O) groups is 1. The van der Waals surface area contributed by atoms with Crippen molar-refractivity contribution in [3.8, 4) is 0 Å². The maximum Gasteiger partial charge on any atom is 0.224 e. The Hall–Kier alpha value is -1.42. The predicted octanol–water partition coefficient (Wildman–Crippen LogP) is 1.42.